The maximum atomic E-state index is 11.5. The standard InChI is InChI=1S/C14H18N2O3/c1-3-4-5-16-14(17)10-19-13-7-11(9-15)6-12(8-13)18-2/h6-8H,3-5,10H2,1-2H3,(H,16,17). The molecule has 0 fully saturated rings. The maximum Gasteiger partial charge on any atom is 0.257 e. The first-order valence-electron chi connectivity index (χ1n) is 6.18. The van der Waals surface area contributed by atoms with Crippen molar-refractivity contribution in [3.05, 3.63) is 23.8 Å². The van der Waals surface area contributed by atoms with E-state index in [0.717, 1.165) is 12.8 Å². The Morgan fingerprint density at radius 3 is 2.74 bits per heavy atom. The van der Waals surface area contributed by atoms with Crippen LogP contribution < -0.4 is 14.8 Å². The number of nitriles is 1. The molecule has 0 saturated heterocycles. The Labute approximate surface area is 113 Å². The molecular weight excluding hydrogens is 244 g/mol. The van der Waals surface area contributed by atoms with Crippen molar-refractivity contribution in [2.45, 2.75) is 19.8 Å². The molecule has 1 rings (SSSR count). The summed E-state index contributed by atoms with van der Waals surface area (Å²) in [6, 6.07) is 6.83. The fourth-order valence-corrected chi connectivity index (χ4v) is 1.44. The third-order valence-corrected chi connectivity index (χ3v) is 2.47. The van der Waals surface area contributed by atoms with Gasteiger partial charge in [-0.05, 0) is 18.6 Å². The number of nitrogens with zero attached hydrogens (tertiary/aromatic N) is 1. The van der Waals surface area contributed by atoms with Crippen LogP contribution >= 0.6 is 0 Å². The molecule has 0 aliphatic carbocycles. The van der Waals surface area contributed by atoms with Gasteiger partial charge in [-0.3, -0.25) is 4.79 Å². The van der Waals surface area contributed by atoms with E-state index in [9.17, 15) is 4.79 Å². The van der Waals surface area contributed by atoms with Crippen molar-refractivity contribution < 1.29 is 14.3 Å². The number of carbonyl (C=O) groups is 1. The van der Waals surface area contributed by atoms with E-state index in [1.54, 1.807) is 18.2 Å². The molecule has 0 unspecified atom stereocenters. The molecule has 1 aromatic carbocycles. The predicted octanol–water partition coefficient (Wildman–Crippen LogP) is 1.86. The van der Waals surface area contributed by atoms with Gasteiger partial charge in [-0.2, -0.15) is 5.26 Å². The summed E-state index contributed by atoms with van der Waals surface area (Å²) in [5.41, 5.74) is 0.431. The zero-order valence-corrected chi connectivity index (χ0v) is 11.2. The first kappa shape index (κ1) is 14.8. The number of ether oxygens (including phenoxy) is 2. The number of nitrogens with one attached hydrogen (secondary N) is 1. The van der Waals surface area contributed by atoms with Crippen molar-refractivity contribution >= 4 is 5.91 Å². The van der Waals surface area contributed by atoms with Crippen LogP contribution in [0.15, 0.2) is 18.2 Å². The summed E-state index contributed by atoms with van der Waals surface area (Å²) in [4.78, 5) is 11.5. The van der Waals surface area contributed by atoms with Crippen LogP contribution in [0.3, 0.4) is 0 Å². The minimum Gasteiger partial charge on any atom is -0.497 e. The van der Waals surface area contributed by atoms with E-state index in [2.05, 4.69) is 12.2 Å². The number of hydrogen-bond donors (Lipinski definition) is 1. The first-order chi connectivity index (χ1) is 9.19. The fourth-order valence-electron chi connectivity index (χ4n) is 1.44. The van der Waals surface area contributed by atoms with Crippen molar-refractivity contribution in [1.82, 2.24) is 5.32 Å². The van der Waals surface area contributed by atoms with Crippen molar-refractivity contribution in [3.63, 3.8) is 0 Å². The molecule has 102 valence electrons. The lowest BCUT2D eigenvalue weighted by atomic mass is 10.2. The molecule has 5 nitrogen and oxygen atoms in total. The monoisotopic (exact) mass is 262 g/mol. The van der Waals surface area contributed by atoms with Crippen LogP contribution in [-0.2, 0) is 4.79 Å². The highest BCUT2D eigenvalue weighted by Gasteiger charge is 2.05. The Morgan fingerprint density at radius 1 is 1.37 bits per heavy atom. The minimum absolute atomic E-state index is 0.0677. The number of hydrogen-bond acceptors (Lipinski definition) is 4. The molecule has 0 radical (unpaired) electrons. The summed E-state index contributed by atoms with van der Waals surface area (Å²) in [6.07, 6.45) is 1.98. The first-order valence-corrected chi connectivity index (χ1v) is 6.18. The molecule has 19 heavy (non-hydrogen) atoms. The van der Waals surface area contributed by atoms with Crippen molar-refractivity contribution in [2.75, 3.05) is 20.3 Å². The van der Waals surface area contributed by atoms with E-state index >= 15 is 0 Å². The molecule has 0 heterocycles. The molecule has 0 bridgehead atoms. The van der Waals surface area contributed by atoms with Crippen LogP contribution in [0.1, 0.15) is 25.3 Å². The zero-order chi connectivity index (χ0) is 14.1. The Kier molecular flexibility index (Phi) is 6.23. The summed E-state index contributed by atoms with van der Waals surface area (Å²) in [6.45, 7) is 2.64. The van der Waals surface area contributed by atoms with Crippen LogP contribution in [0.25, 0.3) is 0 Å². The second-order valence-electron chi connectivity index (χ2n) is 4.00. The molecule has 0 atom stereocenters. The average molecular weight is 262 g/mol. The van der Waals surface area contributed by atoms with Crippen molar-refractivity contribution in [2.24, 2.45) is 0 Å². The Bertz CT molecular complexity index is 466. The number of methoxy groups -OCH3 is 1. The van der Waals surface area contributed by atoms with Crippen molar-refractivity contribution in [3.8, 4) is 17.6 Å². The molecule has 5 heteroatoms. The SMILES string of the molecule is CCCCNC(=O)COc1cc(C#N)cc(OC)c1. The summed E-state index contributed by atoms with van der Waals surface area (Å²) in [5, 5.41) is 11.6. The largest absolute Gasteiger partial charge is 0.497 e. The van der Waals surface area contributed by atoms with E-state index in [1.807, 2.05) is 6.07 Å². The van der Waals surface area contributed by atoms with Crippen LogP contribution in [0, 0.1) is 11.3 Å². The molecule has 0 saturated carbocycles. The van der Waals surface area contributed by atoms with Gasteiger partial charge in [-0.15, -0.1) is 0 Å². The summed E-state index contributed by atoms with van der Waals surface area (Å²) in [5.74, 6) is 0.803. The normalized spacial score (nSPS) is 9.53. The van der Waals surface area contributed by atoms with Crippen LogP contribution in [0.5, 0.6) is 11.5 Å². The molecule has 0 spiro atoms. The molecule has 1 amide bonds. The van der Waals surface area contributed by atoms with E-state index in [1.165, 1.54) is 7.11 Å². The average Bonchev–Trinajstić information content (AvgIpc) is 2.45. The van der Waals surface area contributed by atoms with Gasteiger partial charge < -0.3 is 14.8 Å². The van der Waals surface area contributed by atoms with Gasteiger partial charge in [0.1, 0.15) is 11.5 Å². The predicted molar refractivity (Wildman–Crippen MR) is 71.1 cm³/mol. The molecule has 0 aliphatic heterocycles. The number of amides is 1. The maximum absolute atomic E-state index is 11.5. The summed E-state index contributed by atoms with van der Waals surface area (Å²) in [7, 11) is 1.51. The van der Waals surface area contributed by atoms with Crippen LogP contribution in [-0.4, -0.2) is 26.2 Å². The molecule has 1 aromatic rings. The lowest BCUT2D eigenvalue weighted by Crippen LogP contribution is -2.29. The number of carbonyl (C=O) groups excluding carboxylic acids is 1. The molecule has 0 aromatic heterocycles. The quantitative estimate of drug-likeness (QED) is 0.761. The number of benzene rings is 1. The van der Waals surface area contributed by atoms with E-state index < -0.39 is 0 Å². The van der Waals surface area contributed by atoms with E-state index in [0.29, 0.717) is 23.6 Å². The molecule has 1 N–H and O–H groups in total. The van der Waals surface area contributed by atoms with E-state index in [4.69, 9.17) is 14.7 Å². The minimum atomic E-state index is -0.172. The summed E-state index contributed by atoms with van der Waals surface area (Å²) >= 11 is 0. The highest BCUT2D eigenvalue weighted by atomic mass is 16.5. The third kappa shape index (κ3) is 5.30. The third-order valence-electron chi connectivity index (χ3n) is 2.47. The van der Waals surface area contributed by atoms with Gasteiger partial charge in [-0.25, -0.2) is 0 Å². The van der Waals surface area contributed by atoms with Gasteiger partial charge in [0.05, 0.1) is 18.7 Å². The highest BCUT2D eigenvalue weighted by molar-refractivity contribution is 5.77. The molecule has 0 aliphatic rings. The van der Waals surface area contributed by atoms with Gasteiger partial charge in [0.25, 0.3) is 5.91 Å². The van der Waals surface area contributed by atoms with Gasteiger partial charge in [0.2, 0.25) is 0 Å². The van der Waals surface area contributed by atoms with Crippen LogP contribution in [0.2, 0.25) is 0 Å². The lowest BCUT2D eigenvalue weighted by molar-refractivity contribution is -0.123. The molecular formula is C14H18N2O3. The number of rotatable bonds is 7. The van der Waals surface area contributed by atoms with Crippen molar-refractivity contribution in [1.29, 1.82) is 5.26 Å². The number of unbranched alkanes of at least 4 members (excludes halogenated alkanes) is 1. The second kappa shape index (κ2) is 7.98. The Balaban J connectivity index is 2.53. The highest BCUT2D eigenvalue weighted by Crippen LogP contribution is 2.22. The topological polar surface area (TPSA) is 71.3 Å². The van der Waals surface area contributed by atoms with E-state index in [-0.39, 0.29) is 12.5 Å². The van der Waals surface area contributed by atoms with Gasteiger partial charge in [-0.1, -0.05) is 13.3 Å². The van der Waals surface area contributed by atoms with Gasteiger partial charge in [0, 0.05) is 12.6 Å². The van der Waals surface area contributed by atoms with Gasteiger partial charge >= 0.3 is 0 Å². The fraction of sp³-hybridized carbons (Fsp3) is 0.429. The summed E-state index contributed by atoms with van der Waals surface area (Å²) < 4.78 is 10.4. The smallest absolute Gasteiger partial charge is 0.257 e. The van der Waals surface area contributed by atoms with Crippen LogP contribution in [0.4, 0.5) is 0 Å². The Morgan fingerprint density at radius 2 is 2.11 bits per heavy atom. The second-order valence-corrected chi connectivity index (χ2v) is 4.00. The zero-order valence-electron chi connectivity index (χ0n) is 11.2. The lowest BCUT2D eigenvalue weighted by Gasteiger charge is -2.09. The Hall–Kier alpha value is -2.22. The van der Waals surface area contributed by atoms with Gasteiger partial charge in [0.15, 0.2) is 6.61 Å².